The molecule has 0 fully saturated rings. The number of benzene rings is 1. The van der Waals surface area contributed by atoms with E-state index in [-0.39, 0.29) is 0 Å². The molecular weight excluding hydrogens is 252 g/mol. The van der Waals surface area contributed by atoms with Gasteiger partial charge in [0.1, 0.15) is 11.5 Å². The molecule has 0 spiro atoms. The Morgan fingerprint density at radius 1 is 1.15 bits per heavy atom. The minimum atomic E-state index is 0.620. The Bertz CT molecular complexity index is 553. The predicted molar refractivity (Wildman–Crippen MR) is 79.4 cm³/mol. The first-order chi connectivity index (χ1) is 9.72. The van der Waals surface area contributed by atoms with Crippen LogP contribution < -0.4 is 15.2 Å². The van der Waals surface area contributed by atoms with Crippen LogP contribution in [0.3, 0.4) is 0 Å². The van der Waals surface area contributed by atoms with Crippen molar-refractivity contribution < 1.29 is 9.47 Å². The van der Waals surface area contributed by atoms with E-state index in [1.54, 1.807) is 0 Å². The van der Waals surface area contributed by atoms with E-state index in [2.05, 4.69) is 11.1 Å². The van der Waals surface area contributed by atoms with Crippen LogP contribution in [0.4, 0.5) is 0 Å². The van der Waals surface area contributed by atoms with Crippen molar-refractivity contribution >= 4 is 0 Å². The number of aryl methyl sites for hydroxylation is 1. The van der Waals surface area contributed by atoms with Crippen LogP contribution in [0.25, 0.3) is 0 Å². The molecule has 0 atom stereocenters. The van der Waals surface area contributed by atoms with Crippen molar-refractivity contribution in [1.82, 2.24) is 4.98 Å². The highest BCUT2D eigenvalue weighted by Crippen LogP contribution is 2.25. The van der Waals surface area contributed by atoms with Crippen molar-refractivity contribution in [2.75, 3.05) is 13.2 Å². The summed E-state index contributed by atoms with van der Waals surface area (Å²) in [6, 6.07) is 9.58. The number of hydrogen-bond acceptors (Lipinski definition) is 4. The van der Waals surface area contributed by atoms with Crippen LogP contribution in [-0.4, -0.2) is 18.1 Å². The minimum Gasteiger partial charge on any atom is -0.494 e. The summed E-state index contributed by atoms with van der Waals surface area (Å²) in [7, 11) is 0. The average molecular weight is 272 g/mol. The van der Waals surface area contributed by atoms with Gasteiger partial charge in [0.25, 0.3) is 0 Å². The van der Waals surface area contributed by atoms with Gasteiger partial charge in [-0.1, -0.05) is 0 Å². The zero-order valence-corrected chi connectivity index (χ0v) is 11.9. The lowest BCUT2D eigenvalue weighted by Crippen LogP contribution is -2.03. The minimum absolute atomic E-state index is 0.620. The SMILES string of the molecule is CCOc1ccc(Oc2ncc(CCN)cc2C)cc1. The third-order valence-corrected chi connectivity index (χ3v) is 2.87. The summed E-state index contributed by atoms with van der Waals surface area (Å²) in [5.41, 5.74) is 7.67. The molecule has 106 valence electrons. The van der Waals surface area contributed by atoms with Crippen molar-refractivity contribution in [3.63, 3.8) is 0 Å². The van der Waals surface area contributed by atoms with Gasteiger partial charge in [0, 0.05) is 11.8 Å². The lowest BCUT2D eigenvalue weighted by Gasteiger charge is -2.09. The number of hydrogen-bond donors (Lipinski definition) is 1. The number of nitrogens with two attached hydrogens (primary N) is 1. The molecule has 20 heavy (non-hydrogen) atoms. The van der Waals surface area contributed by atoms with Gasteiger partial charge in [0.2, 0.25) is 5.88 Å². The Labute approximate surface area is 119 Å². The maximum atomic E-state index is 5.78. The highest BCUT2D eigenvalue weighted by molar-refractivity contribution is 5.36. The molecular formula is C16H20N2O2. The van der Waals surface area contributed by atoms with Crippen LogP contribution in [0, 0.1) is 6.92 Å². The van der Waals surface area contributed by atoms with Crippen molar-refractivity contribution in [2.24, 2.45) is 5.73 Å². The third-order valence-electron chi connectivity index (χ3n) is 2.87. The van der Waals surface area contributed by atoms with E-state index < -0.39 is 0 Å². The van der Waals surface area contributed by atoms with E-state index in [0.717, 1.165) is 29.0 Å². The van der Waals surface area contributed by atoms with E-state index >= 15 is 0 Å². The van der Waals surface area contributed by atoms with Crippen LogP contribution in [0.1, 0.15) is 18.1 Å². The summed E-state index contributed by atoms with van der Waals surface area (Å²) in [5, 5.41) is 0. The number of aromatic nitrogens is 1. The molecule has 0 aliphatic rings. The predicted octanol–water partition coefficient (Wildman–Crippen LogP) is 3.08. The second kappa shape index (κ2) is 6.91. The first kappa shape index (κ1) is 14.3. The molecule has 1 aromatic heterocycles. The summed E-state index contributed by atoms with van der Waals surface area (Å²) < 4.78 is 11.2. The fraction of sp³-hybridized carbons (Fsp3) is 0.312. The first-order valence-electron chi connectivity index (χ1n) is 6.79. The maximum Gasteiger partial charge on any atom is 0.222 e. The number of ether oxygens (including phenoxy) is 2. The fourth-order valence-corrected chi connectivity index (χ4v) is 1.91. The van der Waals surface area contributed by atoms with Gasteiger partial charge < -0.3 is 15.2 Å². The molecule has 0 aliphatic carbocycles. The Morgan fingerprint density at radius 3 is 2.45 bits per heavy atom. The van der Waals surface area contributed by atoms with Gasteiger partial charge in [-0.3, -0.25) is 0 Å². The Hall–Kier alpha value is -2.07. The number of rotatable bonds is 6. The fourth-order valence-electron chi connectivity index (χ4n) is 1.91. The van der Waals surface area contributed by atoms with Crippen LogP contribution in [0.2, 0.25) is 0 Å². The molecule has 0 bridgehead atoms. The standard InChI is InChI=1S/C16H20N2O2/c1-3-19-14-4-6-15(7-5-14)20-16-12(2)10-13(8-9-17)11-18-16/h4-7,10-11H,3,8-9,17H2,1-2H3. The Kier molecular flexibility index (Phi) is 4.96. The first-order valence-corrected chi connectivity index (χ1v) is 6.79. The molecule has 0 amide bonds. The average Bonchev–Trinajstić information content (AvgIpc) is 2.44. The molecule has 0 saturated carbocycles. The topological polar surface area (TPSA) is 57.4 Å². The second-order valence-electron chi connectivity index (χ2n) is 4.51. The van der Waals surface area contributed by atoms with Gasteiger partial charge >= 0.3 is 0 Å². The van der Waals surface area contributed by atoms with Gasteiger partial charge in [0.05, 0.1) is 6.61 Å². The van der Waals surface area contributed by atoms with Gasteiger partial charge in [-0.25, -0.2) is 4.98 Å². The second-order valence-corrected chi connectivity index (χ2v) is 4.51. The van der Waals surface area contributed by atoms with Crippen molar-refractivity contribution in [3.05, 3.63) is 47.7 Å². The normalized spacial score (nSPS) is 10.3. The molecule has 0 radical (unpaired) electrons. The van der Waals surface area contributed by atoms with Crippen molar-refractivity contribution in [1.29, 1.82) is 0 Å². The van der Waals surface area contributed by atoms with Crippen LogP contribution >= 0.6 is 0 Å². The summed E-state index contributed by atoms with van der Waals surface area (Å²) >= 11 is 0. The largest absolute Gasteiger partial charge is 0.494 e. The summed E-state index contributed by atoms with van der Waals surface area (Å²) in [4.78, 5) is 4.34. The zero-order chi connectivity index (χ0) is 14.4. The van der Waals surface area contributed by atoms with Crippen LogP contribution in [0.15, 0.2) is 36.5 Å². The van der Waals surface area contributed by atoms with E-state index in [4.69, 9.17) is 15.2 Å². The van der Waals surface area contributed by atoms with E-state index in [1.165, 1.54) is 0 Å². The van der Waals surface area contributed by atoms with Gasteiger partial charge in [-0.05, 0) is 62.7 Å². The van der Waals surface area contributed by atoms with Gasteiger partial charge in [-0.2, -0.15) is 0 Å². The molecule has 0 aliphatic heterocycles. The molecule has 4 nitrogen and oxygen atoms in total. The molecule has 1 aromatic carbocycles. The quantitative estimate of drug-likeness (QED) is 0.878. The van der Waals surface area contributed by atoms with Crippen LogP contribution in [0.5, 0.6) is 17.4 Å². The lowest BCUT2D eigenvalue weighted by atomic mass is 10.1. The lowest BCUT2D eigenvalue weighted by molar-refractivity contribution is 0.339. The van der Waals surface area contributed by atoms with E-state index in [0.29, 0.717) is 19.0 Å². The summed E-state index contributed by atoms with van der Waals surface area (Å²) in [6.07, 6.45) is 2.64. The monoisotopic (exact) mass is 272 g/mol. The highest BCUT2D eigenvalue weighted by atomic mass is 16.5. The van der Waals surface area contributed by atoms with Crippen LogP contribution in [-0.2, 0) is 6.42 Å². The molecule has 2 aromatic rings. The smallest absolute Gasteiger partial charge is 0.222 e. The van der Waals surface area contributed by atoms with E-state index in [1.807, 2.05) is 44.3 Å². The van der Waals surface area contributed by atoms with Gasteiger partial charge in [0.15, 0.2) is 0 Å². The number of nitrogens with zero attached hydrogens (tertiary/aromatic N) is 1. The molecule has 0 saturated heterocycles. The Balaban J connectivity index is 2.09. The third kappa shape index (κ3) is 3.71. The zero-order valence-electron chi connectivity index (χ0n) is 11.9. The summed E-state index contributed by atoms with van der Waals surface area (Å²) in [5.74, 6) is 2.20. The maximum absolute atomic E-state index is 5.78. The molecule has 1 heterocycles. The Morgan fingerprint density at radius 2 is 1.85 bits per heavy atom. The summed E-state index contributed by atoms with van der Waals surface area (Å²) in [6.45, 7) is 5.22. The van der Waals surface area contributed by atoms with Crippen molar-refractivity contribution in [2.45, 2.75) is 20.3 Å². The highest BCUT2D eigenvalue weighted by Gasteiger charge is 2.05. The van der Waals surface area contributed by atoms with Crippen molar-refractivity contribution in [3.8, 4) is 17.4 Å². The number of pyridine rings is 1. The molecule has 2 rings (SSSR count). The van der Waals surface area contributed by atoms with E-state index in [9.17, 15) is 0 Å². The van der Waals surface area contributed by atoms with Gasteiger partial charge in [-0.15, -0.1) is 0 Å². The molecule has 4 heteroatoms. The molecule has 2 N–H and O–H groups in total. The molecule has 0 unspecified atom stereocenters.